The van der Waals surface area contributed by atoms with Crippen LogP contribution >= 0.6 is 0 Å². The van der Waals surface area contributed by atoms with Crippen LogP contribution in [0.5, 0.6) is 5.75 Å². The molecular weight excluding hydrogens is 224 g/mol. The van der Waals surface area contributed by atoms with Crippen molar-refractivity contribution in [3.8, 4) is 5.75 Å². The lowest BCUT2D eigenvalue weighted by atomic mass is 9.97. The fourth-order valence-electron chi connectivity index (χ4n) is 3.63. The number of nitrogens with zero attached hydrogens (tertiary/aromatic N) is 1. The van der Waals surface area contributed by atoms with E-state index in [0.717, 1.165) is 32.6 Å². The summed E-state index contributed by atoms with van der Waals surface area (Å²) in [6.45, 7) is 8.75. The first kappa shape index (κ1) is 12.0. The molecule has 0 saturated carbocycles. The quantitative estimate of drug-likeness (QED) is 0.797. The Bertz CT molecular complexity index is 452. The number of nitrogens with one attached hydrogen (secondary N) is 1. The first-order valence-corrected chi connectivity index (χ1v) is 6.95. The smallest absolute Gasteiger partial charge is 0.120 e. The van der Waals surface area contributed by atoms with Gasteiger partial charge in [0.1, 0.15) is 5.75 Å². The lowest BCUT2D eigenvalue weighted by molar-refractivity contribution is 0.168. The highest BCUT2D eigenvalue weighted by Gasteiger charge is 2.35. The first-order chi connectivity index (χ1) is 8.68. The van der Waals surface area contributed by atoms with Crippen LogP contribution in [0.25, 0.3) is 0 Å². The van der Waals surface area contributed by atoms with E-state index in [9.17, 15) is 5.11 Å². The Morgan fingerprint density at radius 1 is 1.22 bits per heavy atom. The standard InChI is InChI=1S/C15H22N2O/c1-10-3-4-13(18)15-12(9-11(2)14(10)15)17-7-5-16-6-8-17/h3-4,11-12,16,18H,5-9H2,1-2H3. The van der Waals surface area contributed by atoms with Crippen molar-refractivity contribution in [2.75, 3.05) is 26.2 Å². The number of aromatic hydroxyl groups is 1. The van der Waals surface area contributed by atoms with Crippen LogP contribution in [0.3, 0.4) is 0 Å². The average Bonchev–Trinajstić information content (AvgIpc) is 2.74. The summed E-state index contributed by atoms with van der Waals surface area (Å²) in [7, 11) is 0. The molecule has 1 heterocycles. The molecule has 0 bridgehead atoms. The van der Waals surface area contributed by atoms with Gasteiger partial charge in [-0.25, -0.2) is 0 Å². The number of phenolic OH excluding ortho intramolecular Hbond substituents is 1. The van der Waals surface area contributed by atoms with Gasteiger partial charge in [-0.05, 0) is 36.5 Å². The van der Waals surface area contributed by atoms with Gasteiger partial charge in [-0.1, -0.05) is 13.0 Å². The van der Waals surface area contributed by atoms with Crippen molar-refractivity contribution < 1.29 is 5.11 Å². The third-order valence-electron chi connectivity index (χ3n) is 4.48. The number of hydrogen-bond acceptors (Lipinski definition) is 3. The molecule has 2 N–H and O–H groups in total. The van der Waals surface area contributed by atoms with E-state index < -0.39 is 0 Å². The van der Waals surface area contributed by atoms with Crippen molar-refractivity contribution in [2.45, 2.75) is 32.2 Å². The van der Waals surface area contributed by atoms with Crippen LogP contribution in [-0.4, -0.2) is 36.2 Å². The number of piperazine rings is 1. The summed E-state index contributed by atoms with van der Waals surface area (Å²) in [6.07, 6.45) is 1.15. The Labute approximate surface area is 109 Å². The van der Waals surface area contributed by atoms with Gasteiger partial charge in [0.25, 0.3) is 0 Å². The van der Waals surface area contributed by atoms with Gasteiger partial charge in [-0.2, -0.15) is 0 Å². The minimum atomic E-state index is 0.414. The summed E-state index contributed by atoms with van der Waals surface area (Å²) >= 11 is 0. The summed E-state index contributed by atoms with van der Waals surface area (Å²) in [4.78, 5) is 2.53. The Morgan fingerprint density at radius 2 is 1.94 bits per heavy atom. The molecule has 3 rings (SSSR count). The molecule has 1 saturated heterocycles. The SMILES string of the molecule is Cc1ccc(O)c2c1C(C)CC2N1CCNCC1. The van der Waals surface area contributed by atoms with Gasteiger partial charge < -0.3 is 10.4 Å². The number of fused-ring (bicyclic) bond motifs is 1. The normalized spacial score (nSPS) is 28.3. The molecular formula is C15H22N2O. The molecule has 1 aromatic carbocycles. The van der Waals surface area contributed by atoms with Crippen LogP contribution in [0, 0.1) is 6.92 Å². The van der Waals surface area contributed by atoms with Gasteiger partial charge in [0.2, 0.25) is 0 Å². The molecule has 2 atom stereocenters. The molecule has 2 unspecified atom stereocenters. The highest BCUT2D eigenvalue weighted by molar-refractivity contribution is 5.51. The predicted octanol–water partition coefficient (Wildman–Crippen LogP) is 2.15. The van der Waals surface area contributed by atoms with Crippen molar-refractivity contribution >= 4 is 0 Å². The number of benzene rings is 1. The van der Waals surface area contributed by atoms with Crippen molar-refractivity contribution in [2.24, 2.45) is 0 Å². The number of aryl methyl sites for hydroxylation is 1. The molecule has 1 aliphatic carbocycles. The van der Waals surface area contributed by atoms with Crippen molar-refractivity contribution in [3.63, 3.8) is 0 Å². The van der Waals surface area contributed by atoms with E-state index in [4.69, 9.17) is 0 Å². The Hall–Kier alpha value is -1.06. The van der Waals surface area contributed by atoms with E-state index >= 15 is 0 Å². The van der Waals surface area contributed by atoms with Gasteiger partial charge in [0.15, 0.2) is 0 Å². The summed E-state index contributed by atoms with van der Waals surface area (Å²) < 4.78 is 0. The van der Waals surface area contributed by atoms with Gasteiger partial charge in [-0.3, -0.25) is 4.90 Å². The van der Waals surface area contributed by atoms with E-state index in [2.05, 4.69) is 24.1 Å². The Balaban J connectivity index is 1.99. The molecule has 0 spiro atoms. The fraction of sp³-hybridized carbons (Fsp3) is 0.600. The monoisotopic (exact) mass is 246 g/mol. The molecule has 18 heavy (non-hydrogen) atoms. The van der Waals surface area contributed by atoms with E-state index in [0.29, 0.717) is 17.7 Å². The molecule has 0 amide bonds. The first-order valence-electron chi connectivity index (χ1n) is 6.95. The van der Waals surface area contributed by atoms with Gasteiger partial charge in [0.05, 0.1) is 0 Å². The third kappa shape index (κ3) is 1.82. The Morgan fingerprint density at radius 3 is 2.67 bits per heavy atom. The Kier molecular flexibility index (Phi) is 3.04. The van der Waals surface area contributed by atoms with Crippen molar-refractivity contribution in [1.82, 2.24) is 10.2 Å². The number of phenols is 1. The zero-order chi connectivity index (χ0) is 12.7. The maximum atomic E-state index is 10.2. The van der Waals surface area contributed by atoms with E-state index in [1.165, 1.54) is 16.7 Å². The largest absolute Gasteiger partial charge is 0.508 e. The van der Waals surface area contributed by atoms with E-state index in [-0.39, 0.29) is 0 Å². The van der Waals surface area contributed by atoms with Gasteiger partial charge >= 0.3 is 0 Å². The summed E-state index contributed by atoms with van der Waals surface area (Å²) in [6, 6.07) is 4.32. The number of rotatable bonds is 1. The molecule has 3 heteroatoms. The molecule has 2 aliphatic rings. The zero-order valence-corrected chi connectivity index (χ0v) is 11.2. The van der Waals surface area contributed by atoms with Crippen molar-refractivity contribution in [1.29, 1.82) is 0 Å². The molecule has 1 aromatic rings. The third-order valence-corrected chi connectivity index (χ3v) is 4.48. The highest BCUT2D eigenvalue weighted by atomic mass is 16.3. The second kappa shape index (κ2) is 4.56. The van der Waals surface area contributed by atoms with Crippen LogP contribution in [-0.2, 0) is 0 Å². The number of hydrogen-bond donors (Lipinski definition) is 2. The summed E-state index contributed by atoms with van der Waals surface area (Å²) in [5, 5.41) is 13.6. The molecule has 0 radical (unpaired) electrons. The van der Waals surface area contributed by atoms with Crippen LogP contribution in [0.4, 0.5) is 0 Å². The van der Waals surface area contributed by atoms with Crippen LogP contribution in [0.2, 0.25) is 0 Å². The lowest BCUT2D eigenvalue weighted by Gasteiger charge is -2.33. The molecule has 1 fully saturated rings. The van der Waals surface area contributed by atoms with Crippen molar-refractivity contribution in [3.05, 3.63) is 28.8 Å². The van der Waals surface area contributed by atoms with Gasteiger partial charge in [-0.15, -0.1) is 0 Å². The van der Waals surface area contributed by atoms with Crippen LogP contribution in [0.15, 0.2) is 12.1 Å². The van der Waals surface area contributed by atoms with E-state index in [1.807, 2.05) is 12.1 Å². The van der Waals surface area contributed by atoms with Crippen LogP contribution in [0.1, 0.15) is 42.0 Å². The predicted molar refractivity (Wildman–Crippen MR) is 73.1 cm³/mol. The highest BCUT2D eigenvalue weighted by Crippen LogP contribution is 2.48. The lowest BCUT2D eigenvalue weighted by Crippen LogP contribution is -2.44. The molecule has 0 aromatic heterocycles. The molecule has 1 aliphatic heterocycles. The fourth-order valence-corrected chi connectivity index (χ4v) is 3.63. The second-order valence-electron chi connectivity index (χ2n) is 5.67. The summed E-state index contributed by atoms with van der Waals surface area (Å²) in [5.74, 6) is 1.05. The zero-order valence-electron chi connectivity index (χ0n) is 11.2. The maximum absolute atomic E-state index is 10.2. The maximum Gasteiger partial charge on any atom is 0.120 e. The van der Waals surface area contributed by atoms with E-state index in [1.54, 1.807) is 0 Å². The van der Waals surface area contributed by atoms with Gasteiger partial charge in [0, 0.05) is 37.8 Å². The average molecular weight is 246 g/mol. The minimum Gasteiger partial charge on any atom is -0.508 e. The summed E-state index contributed by atoms with van der Waals surface area (Å²) in [5.41, 5.74) is 3.91. The van der Waals surface area contributed by atoms with Crippen LogP contribution < -0.4 is 5.32 Å². The topological polar surface area (TPSA) is 35.5 Å². The minimum absolute atomic E-state index is 0.414. The molecule has 98 valence electrons. The molecule has 3 nitrogen and oxygen atoms in total. The second-order valence-corrected chi connectivity index (χ2v) is 5.67.